The maximum atomic E-state index is 12.1. The molecule has 1 aromatic carbocycles. The first-order valence-corrected chi connectivity index (χ1v) is 8.57. The molecular formula is C14H14O4S2. The molecule has 6 heteroatoms. The number of carboxylic acid groups (broad SMARTS) is 1. The van der Waals surface area contributed by atoms with E-state index in [2.05, 4.69) is 0 Å². The summed E-state index contributed by atoms with van der Waals surface area (Å²) in [6.45, 7) is 1.91. The molecule has 2 aromatic rings. The van der Waals surface area contributed by atoms with Crippen LogP contribution in [0.2, 0.25) is 0 Å². The van der Waals surface area contributed by atoms with Gasteiger partial charge in [-0.15, -0.1) is 11.3 Å². The predicted molar refractivity (Wildman–Crippen MR) is 78.8 cm³/mol. The van der Waals surface area contributed by atoms with Gasteiger partial charge in [0, 0.05) is 4.88 Å². The van der Waals surface area contributed by atoms with E-state index in [0.717, 1.165) is 22.5 Å². The van der Waals surface area contributed by atoms with E-state index in [4.69, 9.17) is 5.11 Å². The van der Waals surface area contributed by atoms with Crippen LogP contribution < -0.4 is 0 Å². The number of thiophene rings is 1. The van der Waals surface area contributed by atoms with Gasteiger partial charge in [0.05, 0.1) is 11.5 Å². The second-order valence-corrected chi connectivity index (χ2v) is 7.83. The highest BCUT2D eigenvalue weighted by Crippen LogP contribution is 2.21. The monoisotopic (exact) mass is 310 g/mol. The average molecular weight is 310 g/mol. The van der Waals surface area contributed by atoms with Gasteiger partial charge in [0.25, 0.3) is 0 Å². The Bertz CT molecular complexity index is 729. The van der Waals surface area contributed by atoms with Crippen LogP contribution in [-0.2, 0) is 21.3 Å². The molecule has 0 saturated carbocycles. The first-order valence-electron chi connectivity index (χ1n) is 5.94. The number of carbonyl (C=O) groups is 1. The van der Waals surface area contributed by atoms with Gasteiger partial charge >= 0.3 is 5.97 Å². The van der Waals surface area contributed by atoms with E-state index in [1.54, 1.807) is 12.1 Å². The lowest BCUT2D eigenvalue weighted by Gasteiger charge is -2.04. The molecule has 106 valence electrons. The standard InChI is InChI=1S/C14H14O4S2/c1-10-3-2-4-11(7-10)8-20(17,18)9-12-5-6-13(19-12)14(15)16/h2-7H,8-9H2,1H3,(H,15,16). The Labute approximate surface area is 121 Å². The van der Waals surface area contributed by atoms with Crippen molar-refractivity contribution in [3.63, 3.8) is 0 Å². The second kappa shape index (κ2) is 5.76. The van der Waals surface area contributed by atoms with Crippen molar-refractivity contribution in [1.29, 1.82) is 0 Å². The topological polar surface area (TPSA) is 71.4 Å². The summed E-state index contributed by atoms with van der Waals surface area (Å²) in [5.41, 5.74) is 1.77. The normalized spacial score (nSPS) is 11.4. The Morgan fingerprint density at radius 3 is 2.55 bits per heavy atom. The average Bonchev–Trinajstić information content (AvgIpc) is 2.75. The first kappa shape index (κ1) is 14.7. The predicted octanol–water partition coefficient (Wildman–Crippen LogP) is 2.87. The van der Waals surface area contributed by atoms with Gasteiger partial charge in [-0.2, -0.15) is 0 Å². The molecule has 0 unspecified atom stereocenters. The minimum atomic E-state index is -3.30. The molecular weight excluding hydrogens is 296 g/mol. The molecule has 0 aliphatic heterocycles. The number of hydrogen-bond acceptors (Lipinski definition) is 4. The second-order valence-electron chi connectivity index (χ2n) is 4.59. The third kappa shape index (κ3) is 3.91. The van der Waals surface area contributed by atoms with E-state index in [9.17, 15) is 13.2 Å². The lowest BCUT2D eigenvalue weighted by Crippen LogP contribution is -2.06. The van der Waals surface area contributed by atoms with Crippen LogP contribution in [0, 0.1) is 6.92 Å². The van der Waals surface area contributed by atoms with Gasteiger partial charge < -0.3 is 5.11 Å². The Hall–Kier alpha value is -1.66. The molecule has 1 heterocycles. The molecule has 1 N–H and O–H groups in total. The highest BCUT2D eigenvalue weighted by Gasteiger charge is 2.16. The van der Waals surface area contributed by atoms with E-state index in [-0.39, 0.29) is 16.4 Å². The number of rotatable bonds is 5. The lowest BCUT2D eigenvalue weighted by atomic mass is 10.2. The molecule has 0 saturated heterocycles. The third-order valence-corrected chi connectivity index (χ3v) is 5.48. The van der Waals surface area contributed by atoms with Crippen molar-refractivity contribution in [2.45, 2.75) is 18.4 Å². The zero-order valence-electron chi connectivity index (χ0n) is 10.9. The molecule has 0 aliphatic carbocycles. The first-order chi connectivity index (χ1) is 9.35. The van der Waals surface area contributed by atoms with Crippen LogP contribution in [0.25, 0.3) is 0 Å². The zero-order valence-corrected chi connectivity index (χ0v) is 12.5. The number of benzene rings is 1. The van der Waals surface area contributed by atoms with Crippen LogP contribution in [0.1, 0.15) is 25.7 Å². The summed E-state index contributed by atoms with van der Waals surface area (Å²) in [5.74, 6) is -1.19. The van der Waals surface area contributed by atoms with Crippen molar-refractivity contribution >= 4 is 27.1 Å². The van der Waals surface area contributed by atoms with Gasteiger partial charge in [-0.3, -0.25) is 0 Å². The Morgan fingerprint density at radius 1 is 1.20 bits per heavy atom. The fraction of sp³-hybridized carbons (Fsp3) is 0.214. The van der Waals surface area contributed by atoms with Gasteiger partial charge in [0.15, 0.2) is 9.84 Å². The summed E-state index contributed by atoms with van der Waals surface area (Å²) >= 11 is 1.00. The van der Waals surface area contributed by atoms with E-state index < -0.39 is 15.8 Å². The van der Waals surface area contributed by atoms with E-state index in [1.807, 2.05) is 25.1 Å². The molecule has 20 heavy (non-hydrogen) atoms. The quantitative estimate of drug-likeness (QED) is 0.921. The number of sulfone groups is 1. The van der Waals surface area contributed by atoms with Crippen molar-refractivity contribution in [2.75, 3.05) is 0 Å². The molecule has 2 rings (SSSR count). The Morgan fingerprint density at radius 2 is 1.95 bits per heavy atom. The van der Waals surface area contributed by atoms with Crippen LogP contribution in [0.15, 0.2) is 36.4 Å². The summed E-state index contributed by atoms with van der Waals surface area (Å²) in [5, 5.41) is 8.82. The maximum Gasteiger partial charge on any atom is 0.345 e. The van der Waals surface area contributed by atoms with Crippen LogP contribution in [0.5, 0.6) is 0 Å². The van der Waals surface area contributed by atoms with Crippen molar-refractivity contribution in [3.05, 3.63) is 57.3 Å². The summed E-state index contributed by atoms with van der Waals surface area (Å²) in [6.07, 6.45) is 0. The number of carboxylic acids is 1. The van der Waals surface area contributed by atoms with Crippen molar-refractivity contribution < 1.29 is 18.3 Å². The van der Waals surface area contributed by atoms with Gasteiger partial charge in [0.1, 0.15) is 4.88 Å². The lowest BCUT2D eigenvalue weighted by molar-refractivity contribution is 0.0702. The van der Waals surface area contributed by atoms with E-state index >= 15 is 0 Å². The van der Waals surface area contributed by atoms with Crippen LogP contribution in [0.3, 0.4) is 0 Å². The largest absolute Gasteiger partial charge is 0.477 e. The summed E-state index contributed by atoms with van der Waals surface area (Å²) in [7, 11) is -3.30. The molecule has 0 amide bonds. The molecule has 0 atom stereocenters. The minimum Gasteiger partial charge on any atom is -0.477 e. The van der Waals surface area contributed by atoms with Gasteiger partial charge in [-0.05, 0) is 24.6 Å². The van der Waals surface area contributed by atoms with Crippen molar-refractivity contribution in [2.24, 2.45) is 0 Å². The highest BCUT2D eigenvalue weighted by molar-refractivity contribution is 7.90. The number of aromatic carboxylic acids is 1. The molecule has 1 aromatic heterocycles. The van der Waals surface area contributed by atoms with Gasteiger partial charge in [-0.1, -0.05) is 29.8 Å². The summed E-state index contributed by atoms with van der Waals surface area (Å²) in [6, 6.07) is 10.4. The van der Waals surface area contributed by atoms with E-state index in [1.165, 1.54) is 6.07 Å². The molecule has 0 spiro atoms. The molecule has 0 bridgehead atoms. The fourth-order valence-corrected chi connectivity index (χ4v) is 4.63. The number of hydrogen-bond donors (Lipinski definition) is 1. The van der Waals surface area contributed by atoms with Crippen LogP contribution >= 0.6 is 11.3 Å². The summed E-state index contributed by atoms with van der Waals surface area (Å²) < 4.78 is 24.2. The number of aryl methyl sites for hydroxylation is 1. The molecule has 0 fully saturated rings. The van der Waals surface area contributed by atoms with Crippen molar-refractivity contribution in [3.8, 4) is 0 Å². The fourth-order valence-electron chi connectivity index (χ4n) is 1.89. The third-order valence-electron chi connectivity index (χ3n) is 2.70. The van der Waals surface area contributed by atoms with Crippen LogP contribution in [0.4, 0.5) is 0 Å². The SMILES string of the molecule is Cc1cccc(CS(=O)(=O)Cc2ccc(C(=O)O)s2)c1. The molecule has 4 nitrogen and oxygen atoms in total. The van der Waals surface area contributed by atoms with E-state index in [0.29, 0.717) is 4.88 Å². The smallest absolute Gasteiger partial charge is 0.345 e. The maximum absolute atomic E-state index is 12.1. The van der Waals surface area contributed by atoms with Gasteiger partial charge in [0.2, 0.25) is 0 Å². The highest BCUT2D eigenvalue weighted by atomic mass is 32.2. The Kier molecular flexibility index (Phi) is 4.25. The minimum absolute atomic E-state index is 0.0328. The van der Waals surface area contributed by atoms with Crippen molar-refractivity contribution in [1.82, 2.24) is 0 Å². The van der Waals surface area contributed by atoms with Gasteiger partial charge in [-0.25, -0.2) is 13.2 Å². The molecule has 0 radical (unpaired) electrons. The molecule has 0 aliphatic rings. The Balaban J connectivity index is 2.12. The van der Waals surface area contributed by atoms with Crippen LogP contribution in [-0.4, -0.2) is 19.5 Å². The zero-order chi connectivity index (χ0) is 14.8. The summed E-state index contributed by atoms with van der Waals surface area (Å²) in [4.78, 5) is 11.5.